The molecule has 1 aliphatic rings. The fourth-order valence-electron chi connectivity index (χ4n) is 0.961. The first kappa shape index (κ1) is 10.4. The van der Waals surface area contributed by atoms with E-state index in [1.165, 1.54) is 0 Å². The predicted molar refractivity (Wildman–Crippen MR) is 41.9 cm³/mol. The molecule has 0 amide bonds. The van der Waals surface area contributed by atoms with E-state index in [9.17, 15) is 9.18 Å². The van der Waals surface area contributed by atoms with Crippen molar-refractivity contribution in [1.82, 2.24) is 0 Å². The van der Waals surface area contributed by atoms with Crippen molar-refractivity contribution in [2.45, 2.75) is 19.1 Å². The zero-order valence-corrected chi connectivity index (χ0v) is 7.33. The lowest BCUT2D eigenvalue weighted by atomic mass is 10.4. The minimum Gasteiger partial charge on any atom is -0.465 e. The first-order valence-electron chi connectivity index (χ1n) is 4.27. The van der Waals surface area contributed by atoms with Gasteiger partial charge >= 0.3 is 5.97 Å². The number of halogens is 1. The van der Waals surface area contributed by atoms with Gasteiger partial charge in [0.05, 0.1) is 32.9 Å². The van der Waals surface area contributed by atoms with E-state index in [1.54, 1.807) is 0 Å². The third kappa shape index (κ3) is 4.19. The number of hydrogen-bond donors (Lipinski definition) is 0. The lowest BCUT2D eigenvalue weighted by Gasteiger charge is -2.07. The van der Waals surface area contributed by atoms with Crippen LogP contribution in [0.2, 0.25) is 0 Å². The van der Waals surface area contributed by atoms with Gasteiger partial charge in [0.2, 0.25) is 0 Å². The molecule has 0 saturated carbocycles. The Kier molecular flexibility index (Phi) is 4.70. The smallest absolute Gasteiger partial charge is 0.310 e. The second kappa shape index (κ2) is 5.88. The molecule has 0 aromatic carbocycles. The molecule has 5 heteroatoms. The molecule has 13 heavy (non-hydrogen) atoms. The lowest BCUT2D eigenvalue weighted by molar-refractivity contribution is -0.152. The number of hydrogen-bond acceptors (Lipinski definition) is 4. The van der Waals surface area contributed by atoms with Crippen molar-refractivity contribution in [3.63, 3.8) is 0 Å². The van der Waals surface area contributed by atoms with Crippen molar-refractivity contribution in [1.29, 1.82) is 0 Å². The van der Waals surface area contributed by atoms with Gasteiger partial charge in [-0.05, 0) is 0 Å². The molecular weight excluding hydrogens is 179 g/mol. The number of carbonyl (C=O) groups excluding carboxylic acids is 1. The third-order valence-corrected chi connectivity index (χ3v) is 1.57. The van der Waals surface area contributed by atoms with E-state index in [1.807, 2.05) is 0 Å². The van der Waals surface area contributed by atoms with E-state index in [0.29, 0.717) is 13.2 Å². The SMILES string of the molecule is O=C(CC1OCCO1)OCCCF. The summed E-state index contributed by atoms with van der Waals surface area (Å²) in [6.07, 6.45) is -0.136. The molecule has 0 aromatic heterocycles. The highest BCUT2D eigenvalue weighted by Gasteiger charge is 2.20. The zero-order chi connectivity index (χ0) is 9.52. The summed E-state index contributed by atoms with van der Waals surface area (Å²) in [4.78, 5) is 11.0. The molecule has 1 heterocycles. The van der Waals surface area contributed by atoms with Gasteiger partial charge in [0.25, 0.3) is 0 Å². The molecule has 1 fully saturated rings. The van der Waals surface area contributed by atoms with Crippen molar-refractivity contribution in [3.05, 3.63) is 0 Å². The molecular formula is C8H13FO4. The van der Waals surface area contributed by atoms with Crippen LogP contribution in [0.25, 0.3) is 0 Å². The molecule has 4 nitrogen and oxygen atoms in total. The summed E-state index contributed by atoms with van der Waals surface area (Å²) in [7, 11) is 0. The summed E-state index contributed by atoms with van der Waals surface area (Å²) < 4.78 is 26.4. The van der Waals surface area contributed by atoms with E-state index in [2.05, 4.69) is 0 Å². The normalized spacial score (nSPS) is 17.6. The van der Waals surface area contributed by atoms with Crippen LogP contribution in [0.3, 0.4) is 0 Å². The van der Waals surface area contributed by atoms with Gasteiger partial charge in [-0.3, -0.25) is 9.18 Å². The Labute approximate surface area is 76.0 Å². The summed E-state index contributed by atoms with van der Waals surface area (Å²) in [6, 6.07) is 0. The molecule has 1 saturated heterocycles. The van der Waals surface area contributed by atoms with Gasteiger partial charge < -0.3 is 14.2 Å². The number of carbonyl (C=O) groups is 1. The number of esters is 1. The van der Waals surface area contributed by atoms with E-state index < -0.39 is 18.9 Å². The largest absolute Gasteiger partial charge is 0.465 e. The standard InChI is InChI=1S/C8H13FO4/c9-2-1-3-11-7(10)6-8-12-4-5-13-8/h8H,1-6H2. The summed E-state index contributed by atoms with van der Waals surface area (Å²) in [5.41, 5.74) is 0. The molecule has 0 spiro atoms. The maximum absolute atomic E-state index is 11.6. The molecule has 0 aliphatic carbocycles. The minimum atomic E-state index is -0.474. The van der Waals surface area contributed by atoms with Crippen molar-refractivity contribution < 1.29 is 23.4 Å². The molecule has 76 valence electrons. The van der Waals surface area contributed by atoms with Gasteiger partial charge in [-0.2, -0.15) is 0 Å². The van der Waals surface area contributed by atoms with Crippen LogP contribution in [0.4, 0.5) is 4.39 Å². The van der Waals surface area contributed by atoms with Gasteiger partial charge in [-0.15, -0.1) is 0 Å². The van der Waals surface area contributed by atoms with Crippen LogP contribution in [0, 0.1) is 0 Å². The molecule has 1 rings (SSSR count). The lowest BCUT2D eigenvalue weighted by Crippen LogP contribution is -2.17. The van der Waals surface area contributed by atoms with Crippen molar-refractivity contribution in [3.8, 4) is 0 Å². The fraction of sp³-hybridized carbons (Fsp3) is 0.875. The first-order chi connectivity index (χ1) is 6.33. The van der Waals surface area contributed by atoms with Gasteiger partial charge in [-0.25, -0.2) is 0 Å². The Hall–Kier alpha value is -0.680. The predicted octanol–water partition coefficient (Wildman–Crippen LogP) is 0.652. The highest BCUT2D eigenvalue weighted by Crippen LogP contribution is 2.08. The van der Waals surface area contributed by atoms with Crippen molar-refractivity contribution >= 4 is 5.97 Å². The van der Waals surface area contributed by atoms with Gasteiger partial charge in [0, 0.05) is 6.42 Å². The summed E-state index contributed by atoms with van der Waals surface area (Å²) in [6.45, 7) is 0.691. The van der Waals surface area contributed by atoms with Gasteiger partial charge in [-0.1, -0.05) is 0 Å². The molecule has 0 unspecified atom stereocenters. The van der Waals surface area contributed by atoms with Gasteiger partial charge in [0.1, 0.15) is 0 Å². The maximum Gasteiger partial charge on any atom is 0.310 e. The average Bonchev–Trinajstić information content (AvgIpc) is 2.57. The Morgan fingerprint density at radius 1 is 1.46 bits per heavy atom. The molecule has 0 aromatic rings. The van der Waals surface area contributed by atoms with Crippen LogP contribution < -0.4 is 0 Å². The van der Waals surface area contributed by atoms with E-state index in [-0.39, 0.29) is 19.4 Å². The van der Waals surface area contributed by atoms with Crippen LogP contribution in [0.1, 0.15) is 12.8 Å². The van der Waals surface area contributed by atoms with Crippen molar-refractivity contribution in [2.75, 3.05) is 26.5 Å². The van der Waals surface area contributed by atoms with Crippen LogP contribution >= 0.6 is 0 Å². The van der Waals surface area contributed by atoms with Gasteiger partial charge in [0.15, 0.2) is 6.29 Å². The number of alkyl halides is 1. The number of rotatable bonds is 5. The zero-order valence-electron chi connectivity index (χ0n) is 7.33. The summed E-state index contributed by atoms with van der Waals surface area (Å²) in [5, 5.41) is 0. The first-order valence-corrected chi connectivity index (χ1v) is 4.27. The summed E-state index contributed by atoms with van der Waals surface area (Å²) >= 11 is 0. The van der Waals surface area contributed by atoms with Crippen LogP contribution in [0.5, 0.6) is 0 Å². The Morgan fingerprint density at radius 2 is 2.15 bits per heavy atom. The molecule has 0 bridgehead atoms. The third-order valence-electron chi connectivity index (χ3n) is 1.57. The second-order valence-electron chi connectivity index (χ2n) is 2.64. The van der Waals surface area contributed by atoms with Crippen molar-refractivity contribution in [2.24, 2.45) is 0 Å². The highest BCUT2D eigenvalue weighted by atomic mass is 19.1. The molecule has 0 radical (unpaired) electrons. The Balaban J connectivity index is 2.02. The molecule has 0 atom stereocenters. The Morgan fingerprint density at radius 3 is 2.77 bits per heavy atom. The average molecular weight is 192 g/mol. The minimum absolute atomic E-state index is 0.0896. The number of ether oxygens (including phenoxy) is 3. The van der Waals surface area contributed by atoms with Crippen LogP contribution in [-0.4, -0.2) is 38.8 Å². The van der Waals surface area contributed by atoms with Crippen LogP contribution in [-0.2, 0) is 19.0 Å². The highest BCUT2D eigenvalue weighted by molar-refractivity contribution is 5.69. The van der Waals surface area contributed by atoms with E-state index in [4.69, 9.17) is 14.2 Å². The molecule has 0 N–H and O–H groups in total. The quantitative estimate of drug-likeness (QED) is 0.474. The summed E-state index contributed by atoms with van der Waals surface area (Å²) in [5.74, 6) is -0.402. The molecule has 1 aliphatic heterocycles. The van der Waals surface area contributed by atoms with Crippen LogP contribution in [0.15, 0.2) is 0 Å². The fourth-order valence-corrected chi connectivity index (χ4v) is 0.961. The van der Waals surface area contributed by atoms with E-state index >= 15 is 0 Å². The maximum atomic E-state index is 11.6. The topological polar surface area (TPSA) is 44.8 Å². The Bertz CT molecular complexity index is 156. The van der Waals surface area contributed by atoms with E-state index in [0.717, 1.165) is 0 Å². The second-order valence-corrected chi connectivity index (χ2v) is 2.64. The monoisotopic (exact) mass is 192 g/mol.